The molecule has 0 aromatic heterocycles. The molecule has 0 unspecified atom stereocenters. The van der Waals surface area contributed by atoms with Crippen LogP contribution in [0.25, 0.3) is 5.57 Å². The first-order chi connectivity index (χ1) is 6.19. The molecule has 0 aliphatic heterocycles. The third-order valence-electron chi connectivity index (χ3n) is 1.95. The lowest BCUT2D eigenvalue weighted by Crippen LogP contribution is -1.91. The van der Waals surface area contributed by atoms with Crippen LogP contribution in [-0.4, -0.2) is 6.29 Å². The number of carbonyl (C=O) groups excluding carboxylic acids is 1. The summed E-state index contributed by atoms with van der Waals surface area (Å²) < 4.78 is 12.8. The number of allylic oxidation sites excluding steroid dienone is 2. The fourth-order valence-corrected chi connectivity index (χ4v) is 1.19. The fourth-order valence-electron chi connectivity index (χ4n) is 1.19. The molecule has 1 aromatic carbocycles. The smallest absolute Gasteiger partial charge is 0.150 e. The van der Waals surface area contributed by atoms with Gasteiger partial charge >= 0.3 is 0 Å². The molecular weight excluding hydrogens is 167 g/mol. The van der Waals surface area contributed by atoms with Crippen molar-refractivity contribution in [3.63, 3.8) is 0 Å². The summed E-state index contributed by atoms with van der Waals surface area (Å²) in [4.78, 5) is 10.6. The summed E-state index contributed by atoms with van der Waals surface area (Å²) in [5, 5.41) is 0. The maximum absolute atomic E-state index is 12.8. The molecule has 1 rings (SSSR count). The van der Waals surface area contributed by atoms with Crippen LogP contribution in [0.2, 0.25) is 0 Å². The Balaban J connectivity index is 3.27. The van der Waals surface area contributed by atoms with Crippen molar-refractivity contribution < 1.29 is 9.18 Å². The van der Waals surface area contributed by atoms with Crippen LogP contribution in [0.1, 0.15) is 18.1 Å². The molecule has 0 radical (unpaired) electrons. The monoisotopic (exact) mass is 178 g/mol. The van der Waals surface area contributed by atoms with Crippen LogP contribution in [-0.2, 0) is 4.79 Å². The van der Waals surface area contributed by atoms with E-state index in [1.165, 1.54) is 12.1 Å². The number of aldehydes is 1. The Morgan fingerprint density at radius 1 is 1.46 bits per heavy atom. The highest BCUT2D eigenvalue weighted by molar-refractivity contribution is 6.07. The molecular formula is C11H11FO. The number of carbonyl (C=O) groups is 1. The molecule has 1 aromatic rings. The highest BCUT2D eigenvalue weighted by atomic mass is 19.1. The first kappa shape index (κ1) is 9.65. The van der Waals surface area contributed by atoms with Gasteiger partial charge in [-0.3, -0.25) is 4.79 Å². The van der Waals surface area contributed by atoms with E-state index < -0.39 is 0 Å². The first-order valence-corrected chi connectivity index (χ1v) is 4.07. The van der Waals surface area contributed by atoms with Crippen molar-refractivity contribution in [2.75, 3.05) is 0 Å². The van der Waals surface area contributed by atoms with Crippen LogP contribution in [0.5, 0.6) is 0 Å². The van der Waals surface area contributed by atoms with Crippen molar-refractivity contribution in [1.82, 2.24) is 0 Å². The van der Waals surface area contributed by atoms with Gasteiger partial charge in [0.25, 0.3) is 0 Å². The zero-order valence-corrected chi connectivity index (χ0v) is 7.67. The zero-order chi connectivity index (χ0) is 9.84. The lowest BCUT2D eigenvalue weighted by Gasteiger charge is -2.03. The topological polar surface area (TPSA) is 17.1 Å². The molecule has 0 saturated carbocycles. The van der Waals surface area contributed by atoms with Gasteiger partial charge < -0.3 is 0 Å². The van der Waals surface area contributed by atoms with Crippen LogP contribution >= 0.6 is 0 Å². The Kier molecular flexibility index (Phi) is 2.96. The molecule has 0 bridgehead atoms. The van der Waals surface area contributed by atoms with E-state index in [2.05, 4.69) is 0 Å². The molecule has 0 spiro atoms. The van der Waals surface area contributed by atoms with Gasteiger partial charge in [-0.1, -0.05) is 12.1 Å². The van der Waals surface area contributed by atoms with Crippen LogP contribution in [0.3, 0.4) is 0 Å². The largest absolute Gasteiger partial charge is 0.298 e. The van der Waals surface area contributed by atoms with Crippen molar-refractivity contribution in [2.24, 2.45) is 0 Å². The average molecular weight is 178 g/mol. The number of benzene rings is 1. The van der Waals surface area contributed by atoms with E-state index in [4.69, 9.17) is 0 Å². The van der Waals surface area contributed by atoms with Crippen molar-refractivity contribution in [3.8, 4) is 0 Å². The Bertz CT molecular complexity index is 353. The second-order valence-electron chi connectivity index (χ2n) is 2.82. The summed E-state index contributed by atoms with van der Waals surface area (Å²) in [6.07, 6.45) is 2.41. The summed E-state index contributed by atoms with van der Waals surface area (Å²) in [7, 11) is 0. The third-order valence-corrected chi connectivity index (χ3v) is 1.95. The predicted octanol–water partition coefficient (Wildman–Crippen LogP) is 2.74. The number of rotatable bonds is 2. The zero-order valence-electron chi connectivity index (χ0n) is 7.67. The van der Waals surface area contributed by atoms with E-state index >= 15 is 0 Å². The molecule has 2 heteroatoms. The van der Waals surface area contributed by atoms with Gasteiger partial charge in [-0.05, 0) is 37.1 Å². The Morgan fingerprint density at radius 3 is 2.69 bits per heavy atom. The van der Waals surface area contributed by atoms with E-state index in [1.54, 1.807) is 19.1 Å². The van der Waals surface area contributed by atoms with Crippen LogP contribution in [0.15, 0.2) is 24.3 Å². The Labute approximate surface area is 76.9 Å². The maximum atomic E-state index is 12.8. The van der Waals surface area contributed by atoms with Gasteiger partial charge in [0.15, 0.2) is 0 Å². The van der Waals surface area contributed by atoms with Gasteiger partial charge in [-0.15, -0.1) is 0 Å². The van der Waals surface area contributed by atoms with E-state index in [1.807, 2.05) is 6.92 Å². The molecule has 1 nitrogen and oxygen atoms in total. The lowest BCUT2D eigenvalue weighted by molar-refractivity contribution is -0.103. The minimum atomic E-state index is -0.318. The van der Waals surface area contributed by atoms with Gasteiger partial charge in [0.05, 0.1) is 0 Å². The van der Waals surface area contributed by atoms with Gasteiger partial charge in [0, 0.05) is 5.57 Å². The fraction of sp³-hybridized carbons (Fsp3) is 0.182. The summed E-state index contributed by atoms with van der Waals surface area (Å²) in [6.45, 7) is 3.61. The molecule has 0 aliphatic rings. The van der Waals surface area contributed by atoms with Crippen molar-refractivity contribution in [3.05, 3.63) is 41.2 Å². The Morgan fingerprint density at radius 2 is 2.15 bits per heavy atom. The number of hydrogen-bond acceptors (Lipinski definition) is 1. The number of aryl methyl sites for hydroxylation is 1. The summed E-state index contributed by atoms with van der Waals surface area (Å²) in [6, 6.07) is 4.42. The quantitative estimate of drug-likeness (QED) is 0.502. The predicted molar refractivity (Wildman–Crippen MR) is 50.9 cm³/mol. The molecule has 0 N–H and O–H groups in total. The highest BCUT2D eigenvalue weighted by Crippen LogP contribution is 2.18. The molecule has 13 heavy (non-hydrogen) atoms. The maximum Gasteiger partial charge on any atom is 0.150 e. The van der Waals surface area contributed by atoms with E-state index in [9.17, 15) is 9.18 Å². The van der Waals surface area contributed by atoms with Gasteiger partial charge in [0.2, 0.25) is 0 Å². The lowest BCUT2D eigenvalue weighted by atomic mass is 10.0. The van der Waals surface area contributed by atoms with Crippen molar-refractivity contribution in [2.45, 2.75) is 13.8 Å². The number of halogens is 1. The molecule has 0 atom stereocenters. The van der Waals surface area contributed by atoms with Gasteiger partial charge in [-0.2, -0.15) is 0 Å². The minimum absolute atomic E-state index is 0.318. The van der Waals surface area contributed by atoms with E-state index in [0.29, 0.717) is 11.1 Å². The number of hydrogen-bond donors (Lipinski definition) is 0. The molecule has 0 aliphatic carbocycles. The molecule has 0 saturated heterocycles. The average Bonchev–Trinajstić information content (AvgIpc) is 2.13. The van der Waals surface area contributed by atoms with Crippen LogP contribution in [0, 0.1) is 12.7 Å². The van der Waals surface area contributed by atoms with E-state index in [-0.39, 0.29) is 5.82 Å². The summed E-state index contributed by atoms with van der Waals surface area (Å²) in [5.41, 5.74) is 2.09. The standard InChI is InChI=1S/C11H11FO/c1-3-9(7-13)11-6-10(12)5-4-8(11)2/h3-7H,1-2H3/b9-3-. The van der Waals surface area contributed by atoms with E-state index in [0.717, 1.165) is 11.8 Å². The van der Waals surface area contributed by atoms with Crippen LogP contribution in [0.4, 0.5) is 4.39 Å². The minimum Gasteiger partial charge on any atom is -0.298 e. The van der Waals surface area contributed by atoms with Gasteiger partial charge in [-0.25, -0.2) is 4.39 Å². The Hall–Kier alpha value is -1.44. The second-order valence-corrected chi connectivity index (χ2v) is 2.82. The molecule has 0 fully saturated rings. The molecule has 0 amide bonds. The normalized spacial score (nSPS) is 11.5. The molecule has 0 heterocycles. The molecule has 68 valence electrons. The summed E-state index contributed by atoms with van der Waals surface area (Å²) in [5.74, 6) is -0.318. The third kappa shape index (κ3) is 2.02. The SMILES string of the molecule is C/C=C(/C=O)c1cc(F)ccc1C. The van der Waals surface area contributed by atoms with Gasteiger partial charge in [0.1, 0.15) is 12.1 Å². The summed E-state index contributed by atoms with van der Waals surface area (Å²) >= 11 is 0. The second kappa shape index (κ2) is 3.99. The van der Waals surface area contributed by atoms with Crippen LogP contribution < -0.4 is 0 Å². The van der Waals surface area contributed by atoms with Crippen molar-refractivity contribution >= 4 is 11.9 Å². The highest BCUT2D eigenvalue weighted by Gasteiger charge is 2.04. The van der Waals surface area contributed by atoms with Crippen molar-refractivity contribution in [1.29, 1.82) is 0 Å². The first-order valence-electron chi connectivity index (χ1n) is 4.07.